The second kappa shape index (κ2) is 7.49. The molecule has 118 valence electrons. The number of benzene rings is 2. The fourth-order valence-corrected chi connectivity index (χ4v) is 3.43. The maximum atomic E-state index is 11.4. The molecule has 0 fully saturated rings. The first kappa shape index (κ1) is 15.8. The van der Waals surface area contributed by atoms with Crippen molar-refractivity contribution in [3.63, 3.8) is 0 Å². The molecule has 1 aliphatic carbocycles. The molecule has 0 radical (unpaired) electrons. The first-order valence-corrected chi connectivity index (χ1v) is 8.56. The van der Waals surface area contributed by atoms with Crippen LogP contribution in [-0.4, -0.2) is 10.7 Å². The van der Waals surface area contributed by atoms with Crippen LogP contribution in [0.25, 0.3) is 0 Å². The van der Waals surface area contributed by atoms with Crippen LogP contribution in [0.3, 0.4) is 0 Å². The Kier molecular flexibility index (Phi) is 5.16. The summed E-state index contributed by atoms with van der Waals surface area (Å²) in [6, 6.07) is 20.7. The van der Waals surface area contributed by atoms with E-state index >= 15 is 0 Å². The van der Waals surface area contributed by atoms with Gasteiger partial charge in [0.05, 0.1) is 0 Å². The third-order valence-electron chi connectivity index (χ3n) is 4.73. The largest absolute Gasteiger partial charge is 0.377 e. The Balaban J connectivity index is 1.87. The molecule has 1 nitrogen and oxygen atoms in total. The fourth-order valence-electron chi connectivity index (χ4n) is 3.43. The maximum Gasteiger partial charge on any atom is 0.132 e. The summed E-state index contributed by atoms with van der Waals surface area (Å²) in [5.41, 5.74) is 1.51. The number of aliphatic hydroxyl groups is 1. The molecule has 1 aliphatic rings. The smallest absolute Gasteiger partial charge is 0.132 e. The summed E-state index contributed by atoms with van der Waals surface area (Å²) in [5.74, 6) is 6.61. The molecule has 2 aromatic carbocycles. The van der Waals surface area contributed by atoms with Gasteiger partial charge in [0.1, 0.15) is 5.60 Å². The fraction of sp³-hybridized carbons (Fsp3) is 0.364. The van der Waals surface area contributed by atoms with Gasteiger partial charge in [0.15, 0.2) is 0 Å². The summed E-state index contributed by atoms with van der Waals surface area (Å²) in [5, 5.41) is 11.4. The van der Waals surface area contributed by atoms with Crippen molar-refractivity contribution in [2.45, 2.75) is 44.1 Å². The van der Waals surface area contributed by atoms with Crippen molar-refractivity contribution < 1.29 is 5.11 Å². The normalized spacial score (nSPS) is 24.1. The SMILES string of the molecule is OC1(Cc2ccccc2)C#CCCCCC1Cc1ccccc1. The van der Waals surface area contributed by atoms with Gasteiger partial charge in [-0.25, -0.2) is 0 Å². The van der Waals surface area contributed by atoms with E-state index in [1.807, 2.05) is 24.3 Å². The third kappa shape index (κ3) is 4.24. The minimum absolute atomic E-state index is 0.179. The van der Waals surface area contributed by atoms with Gasteiger partial charge in [-0.3, -0.25) is 0 Å². The van der Waals surface area contributed by atoms with Gasteiger partial charge in [0, 0.05) is 18.8 Å². The van der Waals surface area contributed by atoms with E-state index in [1.165, 1.54) is 5.56 Å². The van der Waals surface area contributed by atoms with E-state index in [-0.39, 0.29) is 5.92 Å². The molecule has 0 spiro atoms. The number of hydrogen-bond acceptors (Lipinski definition) is 1. The Morgan fingerprint density at radius 1 is 0.913 bits per heavy atom. The molecule has 3 rings (SSSR count). The van der Waals surface area contributed by atoms with Crippen LogP contribution in [0.5, 0.6) is 0 Å². The molecule has 2 atom stereocenters. The van der Waals surface area contributed by atoms with E-state index in [4.69, 9.17) is 0 Å². The Bertz CT molecular complexity index is 665. The van der Waals surface area contributed by atoms with Crippen molar-refractivity contribution >= 4 is 0 Å². The first-order valence-electron chi connectivity index (χ1n) is 8.56. The molecule has 0 bridgehead atoms. The number of rotatable bonds is 4. The first-order chi connectivity index (χ1) is 11.3. The van der Waals surface area contributed by atoms with Crippen LogP contribution in [0, 0.1) is 17.8 Å². The lowest BCUT2D eigenvalue weighted by Crippen LogP contribution is -2.40. The second-order valence-corrected chi connectivity index (χ2v) is 6.52. The lowest BCUT2D eigenvalue weighted by Gasteiger charge is -2.33. The van der Waals surface area contributed by atoms with Crippen LogP contribution in [0.1, 0.15) is 36.8 Å². The third-order valence-corrected chi connectivity index (χ3v) is 4.73. The zero-order valence-corrected chi connectivity index (χ0v) is 13.5. The summed E-state index contributed by atoms with van der Waals surface area (Å²) in [4.78, 5) is 0. The van der Waals surface area contributed by atoms with E-state index in [0.29, 0.717) is 6.42 Å². The molecule has 1 heteroatoms. The zero-order valence-electron chi connectivity index (χ0n) is 13.5. The molecule has 23 heavy (non-hydrogen) atoms. The van der Waals surface area contributed by atoms with Gasteiger partial charge in [0.2, 0.25) is 0 Å². The molecule has 0 heterocycles. The molecule has 2 aromatic rings. The van der Waals surface area contributed by atoms with Crippen molar-refractivity contribution in [1.29, 1.82) is 0 Å². The minimum atomic E-state index is -0.933. The van der Waals surface area contributed by atoms with Gasteiger partial charge in [0.25, 0.3) is 0 Å². The molecule has 0 aromatic heterocycles. The van der Waals surface area contributed by atoms with E-state index < -0.39 is 5.60 Å². The molecule has 0 saturated heterocycles. The van der Waals surface area contributed by atoms with Crippen LogP contribution < -0.4 is 0 Å². The van der Waals surface area contributed by atoms with Crippen LogP contribution >= 0.6 is 0 Å². The van der Waals surface area contributed by atoms with E-state index in [2.05, 4.69) is 48.2 Å². The molecule has 0 aliphatic heterocycles. The Hall–Kier alpha value is -2.04. The number of hydrogen-bond donors (Lipinski definition) is 1. The molecule has 2 unspecified atom stereocenters. The van der Waals surface area contributed by atoms with Crippen molar-refractivity contribution in [2.24, 2.45) is 5.92 Å². The Labute approximate surface area is 139 Å². The van der Waals surface area contributed by atoms with E-state index in [0.717, 1.165) is 37.7 Å². The Morgan fingerprint density at radius 2 is 1.57 bits per heavy atom. The van der Waals surface area contributed by atoms with Gasteiger partial charge in [-0.05, 0) is 30.4 Å². The summed E-state index contributed by atoms with van der Waals surface area (Å²) >= 11 is 0. The van der Waals surface area contributed by atoms with Crippen LogP contribution in [0.4, 0.5) is 0 Å². The van der Waals surface area contributed by atoms with Gasteiger partial charge >= 0.3 is 0 Å². The highest BCUT2D eigenvalue weighted by atomic mass is 16.3. The highest BCUT2D eigenvalue weighted by molar-refractivity contribution is 5.27. The maximum absolute atomic E-state index is 11.4. The zero-order chi connectivity index (χ0) is 16.0. The summed E-state index contributed by atoms with van der Waals surface area (Å²) in [6.45, 7) is 0. The standard InChI is InChI=1S/C22H24O/c23-22(18-20-13-7-4-8-14-20)16-10-2-1-9-15-21(22)17-19-11-5-3-6-12-19/h3-8,11-14,21,23H,1-2,9,15,17-18H2. The predicted molar refractivity (Wildman–Crippen MR) is 95.0 cm³/mol. The van der Waals surface area contributed by atoms with Gasteiger partial charge in [-0.15, -0.1) is 5.92 Å². The molecule has 1 N–H and O–H groups in total. The topological polar surface area (TPSA) is 20.2 Å². The average molecular weight is 304 g/mol. The lowest BCUT2D eigenvalue weighted by atomic mass is 9.75. The molecule has 0 amide bonds. The van der Waals surface area contributed by atoms with Crippen LogP contribution in [0.2, 0.25) is 0 Å². The molecular weight excluding hydrogens is 280 g/mol. The van der Waals surface area contributed by atoms with E-state index in [9.17, 15) is 5.11 Å². The molecular formula is C22H24O. The van der Waals surface area contributed by atoms with Crippen molar-refractivity contribution in [2.75, 3.05) is 0 Å². The lowest BCUT2D eigenvalue weighted by molar-refractivity contribution is 0.0314. The van der Waals surface area contributed by atoms with Crippen molar-refractivity contribution in [3.05, 3.63) is 71.8 Å². The van der Waals surface area contributed by atoms with Crippen LogP contribution in [0.15, 0.2) is 60.7 Å². The summed E-state index contributed by atoms with van der Waals surface area (Å²) in [6.07, 6.45) is 5.71. The van der Waals surface area contributed by atoms with Crippen LogP contribution in [-0.2, 0) is 12.8 Å². The average Bonchev–Trinajstić information content (AvgIpc) is 2.57. The van der Waals surface area contributed by atoms with Gasteiger partial charge < -0.3 is 5.11 Å². The highest BCUT2D eigenvalue weighted by Crippen LogP contribution is 2.31. The quantitative estimate of drug-likeness (QED) is 0.830. The minimum Gasteiger partial charge on any atom is -0.377 e. The van der Waals surface area contributed by atoms with Gasteiger partial charge in [-0.1, -0.05) is 73.0 Å². The van der Waals surface area contributed by atoms with Gasteiger partial charge in [-0.2, -0.15) is 0 Å². The molecule has 0 saturated carbocycles. The Morgan fingerprint density at radius 3 is 2.26 bits per heavy atom. The summed E-state index contributed by atoms with van der Waals surface area (Å²) < 4.78 is 0. The van der Waals surface area contributed by atoms with Crippen molar-refractivity contribution in [3.8, 4) is 11.8 Å². The predicted octanol–water partition coefficient (Wildman–Crippen LogP) is 4.40. The summed E-state index contributed by atoms with van der Waals surface area (Å²) in [7, 11) is 0. The van der Waals surface area contributed by atoms with E-state index in [1.54, 1.807) is 0 Å². The monoisotopic (exact) mass is 304 g/mol. The van der Waals surface area contributed by atoms with Crippen molar-refractivity contribution in [1.82, 2.24) is 0 Å². The second-order valence-electron chi connectivity index (χ2n) is 6.52. The highest BCUT2D eigenvalue weighted by Gasteiger charge is 2.35.